The molecule has 1 N–H and O–H groups in total. The fraction of sp³-hybridized carbons (Fsp3) is 0.833. The van der Waals surface area contributed by atoms with Crippen LogP contribution in [0.1, 0.15) is 27.7 Å². The van der Waals surface area contributed by atoms with Crippen molar-refractivity contribution in [2.45, 2.75) is 27.7 Å². The van der Waals surface area contributed by atoms with Crippen LogP contribution in [0.3, 0.4) is 0 Å². The van der Waals surface area contributed by atoms with Gasteiger partial charge in [-0.25, -0.2) is 0 Å². The summed E-state index contributed by atoms with van der Waals surface area (Å²) < 4.78 is 0. The average molecular weight is 242 g/mol. The molecule has 0 aliphatic heterocycles. The van der Waals surface area contributed by atoms with Crippen molar-refractivity contribution in [1.29, 1.82) is 5.26 Å². The molecule has 0 fully saturated rings. The van der Waals surface area contributed by atoms with Crippen LogP contribution in [0.2, 0.25) is 0 Å². The van der Waals surface area contributed by atoms with Gasteiger partial charge < -0.3 is 5.32 Å². The molecule has 0 heterocycles. The van der Waals surface area contributed by atoms with Crippen molar-refractivity contribution in [3.05, 3.63) is 0 Å². The molecule has 0 saturated heterocycles. The maximum absolute atomic E-state index is 11.4. The summed E-state index contributed by atoms with van der Waals surface area (Å²) in [5, 5.41) is 11.3. The van der Waals surface area contributed by atoms with Gasteiger partial charge in [-0.15, -0.1) is 11.8 Å². The van der Waals surface area contributed by atoms with E-state index in [1.54, 1.807) is 0 Å². The molecule has 0 rings (SSSR count). The molecule has 0 aromatic carbocycles. The maximum atomic E-state index is 11.4. The van der Waals surface area contributed by atoms with Crippen LogP contribution in [0, 0.1) is 29.1 Å². The Balaban J connectivity index is 3.84. The minimum Gasteiger partial charge on any atom is -0.355 e. The Hall–Kier alpha value is -0.690. The fourth-order valence-electron chi connectivity index (χ4n) is 1.71. The van der Waals surface area contributed by atoms with E-state index < -0.39 is 0 Å². The summed E-state index contributed by atoms with van der Waals surface area (Å²) >= 11 is 1.36. The van der Waals surface area contributed by atoms with Gasteiger partial charge in [0.25, 0.3) is 0 Å². The highest BCUT2D eigenvalue weighted by molar-refractivity contribution is 8.00. The molecule has 0 spiro atoms. The van der Waals surface area contributed by atoms with Crippen molar-refractivity contribution in [1.82, 2.24) is 5.32 Å². The van der Waals surface area contributed by atoms with Crippen molar-refractivity contribution in [3.63, 3.8) is 0 Å². The predicted octanol–water partition coefficient (Wildman–Crippen LogP) is 2.29. The molecule has 3 nitrogen and oxygen atoms in total. The van der Waals surface area contributed by atoms with Crippen LogP contribution in [0.5, 0.6) is 0 Å². The summed E-state index contributed by atoms with van der Waals surface area (Å²) in [6.45, 7) is 9.46. The van der Waals surface area contributed by atoms with E-state index in [4.69, 9.17) is 5.26 Å². The highest BCUT2D eigenvalue weighted by Gasteiger charge is 2.17. The van der Waals surface area contributed by atoms with E-state index in [0.29, 0.717) is 29.3 Å². The Morgan fingerprint density at radius 2 is 1.88 bits per heavy atom. The van der Waals surface area contributed by atoms with Crippen LogP contribution in [-0.2, 0) is 4.79 Å². The Morgan fingerprint density at radius 1 is 1.31 bits per heavy atom. The minimum absolute atomic E-state index is 0.0338. The lowest BCUT2D eigenvalue weighted by Gasteiger charge is -2.24. The van der Waals surface area contributed by atoms with Crippen LogP contribution in [0.25, 0.3) is 0 Å². The summed E-state index contributed by atoms with van der Waals surface area (Å²) in [6, 6.07) is 2.01. The van der Waals surface area contributed by atoms with Gasteiger partial charge in [0.1, 0.15) is 0 Å². The topological polar surface area (TPSA) is 52.9 Å². The van der Waals surface area contributed by atoms with Crippen molar-refractivity contribution < 1.29 is 4.79 Å². The lowest BCUT2D eigenvalue weighted by atomic mass is 9.85. The van der Waals surface area contributed by atoms with E-state index in [9.17, 15) is 4.79 Å². The molecule has 0 saturated carbocycles. The number of carbonyl (C=O) groups excluding carboxylic acids is 1. The Bertz CT molecular complexity index is 238. The third kappa shape index (κ3) is 6.73. The van der Waals surface area contributed by atoms with E-state index in [1.807, 2.05) is 6.07 Å². The van der Waals surface area contributed by atoms with E-state index in [-0.39, 0.29) is 5.91 Å². The molecule has 4 heteroatoms. The standard InChI is InChI=1S/C12H22N2OS/c1-9(2)11(10(3)4)7-14-12(15)8-16-6-5-13/h9-11H,6-8H2,1-4H3,(H,14,15). The van der Waals surface area contributed by atoms with Gasteiger partial charge in [-0.05, 0) is 17.8 Å². The number of thioether (sulfide) groups is 1. The second-order valence-corrected chi connectivity index (χ2v) is 5.59. The van der Waals surface area contributed by atoms with Gasteiger partial charge in [0, 0.05) is 6.54 Å². The Labute approximate surface area is 103 Å². The minimum atomic E-state index is 0.0338. The molecule has 0 radical (unpaired) electrons. The zero-order valence-electron chi connectivity index (χ0n) is 10.6. The van der Waals surface area contributed by atoms with Gasteiger partial charge in [-0.1, -0.05) is 27.7 Å². The highest BCUT2D eigenvalue weighted by atomic mass is 32.2. The van der Waals surface area contributed by atoms with Gasteiger partial charge in [0.05, 0.1) is 17.6 Å². The number of hydrogen-bond donors (Lipinski definition) is 1. The first-order valence-electron chi connectivity index (χ1n) is 5.70. The summed E-state index contributed by atoms with van der Waals surface area (Å²) in [5.74, 6) is 2.47. The monoisotopic (exact) mass is 242 g/mol. The molecular formula is C12H22N2OS. The molecule has 92 valence electrons. The lowest BCUT2D eigenvalue weighted by molar-refractivity contribution is -0.118. The van der Waals surface area contributed by atoms with E-state index in [1.165, 1.54) is 11.8 Å². The molecular weight excluding hydrogens is 220 g/mol. The number of nitrogens with zero attached hydrogens (tertiary/aromatic N) is 1. The summed E-state index contributed by atoms with van der Waals surface area (Å²) in [7, 11) is 0. The third-order valence-electron chi connectivity index (χ3n) is 2.65. The molecule has 0 aliphatic rings. The van der Waals surface area contributed by atoms with Crippen molar-refractivity contribution >= 4 is 17.7 Å². The fourth-order valence-corrected chi connectivity index (χ4v) is 2.19. The first-order valence-corrected chi connectivity index (χ1v) is 6.85. The van der Waals surface area contributed by atoms with E-state index in [0.717, 1.165) is 6.54 Å². The van der Waals surface area contributed by atoms with Crippen molar-refractivity contribution in [3.8, 4) is 6.07 Å². The second-order valence-electron chi connectivity index (χ2n) is 4.61. The number of amides is 1. The second kappa shape index (κ2) is 8.46. The molecule has 0 atom stereocenters. The normalized spacial score (nSPS) is 10.9. The number of nitriles is 1. The zero-order chi connectivity index (χ0) is 12.6. The quantitative estimate of drug-likeness (QED) is 0.697. The van der Waals surface area contributed by atoms with Gasteiger partial charge in [-0.3, -0.25) is 4.79 Å². The van der Waals surface area contributed by atoms with Crippen molar-refractivity contribution in [2.75, 3.05) is 18.1 Å². The van der Waals surface area contributed by atoms with Crippen LogP contribution < -0.4 is 5.32 Å². The zero-order valence-corrected chi connectivity index (χ0v) is 11.4. The van der Waals surface area contributed by atoms with Crippen LogP contribution in [-0.4, -0.2) is 24.0 Å². The summed E-state index contributed by atoms with van der Waals surface area (Å²) in [6.07, 6.45) is 0. The first-order chi connectivity index (χ1) is 7.49. The number of carbonyl (C=O) groups is 1. The molecule has 0 aromatic heterocycles. The van der Waals surface area contributed by atoms with Crippen molar-refractivity contribution in [2.24, 2.45) is 17.8 Å². The van der Waals surface area contributed by atoms with Crippen LogP contribution in [0.4, 0.5) is 0 Å². The summed E-state index contributed by atoms with van der Waals surface area (Å²) in [4.78, 5) is 11.4. The Morgan fingerprint density at radius 3 is 2.31 bits per heavy atom. The van der Waals surface area contributed by atoms with E-state index in [2.05, 4.69) is 33.0 Å². The first kappa shape index (κ1) is 15.3. The third-order valence-corrected chi connectivity index (χ3v) is 3.45. The largest absolute Gasteiger partial charge is 0.355 e. The van der Waals surface area contributed by atoms with Crippen LogP contribution in [0.15, 0.2) is 0 Å². The number of rotatable bonds is 7. The predicted molar refractivity (Wildman–Crippen MR) is 69.1 cm³/mol. The van der Waals surface area contributed by atoms with Gasteiger partial charge in [0.15, 0.2) is 0 Å². The molecule has 0 unspecified atom stereocenters. The number of nitrogens with one attached hydrogen (secondary N) is 1. The van der Waals surface area contributed by atoms with Gasteiger partial charge in [0.2, 0.25) is 5.91 Å². The molecule has 16 heavy (non-hydrogen) atoms. The highest BCUT2D eigenvalue weighted by Crippen LogP contribution is 2.19. The maximum Gasteiger partial charge on any atom is 0.230 e. The Kier molecular flexibility index (Phi) is 8.10. The molecule has 0 aromatic rings. The smallest absolute Gasteiger partial charge is 0.230 e. The molecule has 1 amide bonds. The molecule has 0 bridgehead atoms. The average Bonchev–Trinajstić information content (AvgIpc) is 2.17. The molecule has 0 aliphatic carbocycles. The lowest BCUT2D eigenvalue weighted by Crippen LogP contribution is -2.34. The number of hydrogen-bond acceptors (Lipinski definition) is 3. The van der Waals surface area contributed by atoms with Crippen LogP contribution >= 0.6 is 11.8 Å². The van der Waals surface area contributed by atoms with E-state index >= 15 is 0 Å². The SMILES string of the molecule is CC(C)C(CNC(=O)CSCC#N)C(C)C. The van der Waals surface area contributed by atoms with Gasteiger partial charge >= 0.3 is 0 Å². The summed E-state index contributed by atoms with van der Waals surface area (Å²) in [5.41, 5.74) is 0. The van der Waals surface area contributed by atoms with Gasteiger partial charge in [-0.2, -0.15) is 5.26 Å².